The van der Waals surface area contributed by atoms with Gasteiger partial charge in [0.2, 0.25) is 5.88 Å². The number of hydrogen-bond donors (Lipinski definition) is 1. The molecule has 2 aromatic heterocycles. The zero-order valence-corrected chi connectivity index (χ0v) is 24.8. The van der Waals surface area contributed by atoms with E-state index in [-0.39, 0.29) is 41.2 Å². The molecule has 0 aliphatic rings. The van der Waals surface area contributed by atoms with Crippen molar-refractivity contribution in [2.75, 3.05) is 23.7 Å². The first-order chi connectivity index (χ1) is 19.1. The van der Waals surface area contributed by atoms with E-state index in [0.29, 0.717) is 11.1 Å². The molecule has 0 saturated heterocycles. The van der Waals surface area contributed by atoms with Crippen LogP contribution in [-0.2, 0) is 15.4 Å². The number of thioether (sulfide) groups is 1. The predicted molar refractivity (Wildman–Crippen MR) is 158 cm³/mol. The van der Waals surface area contributed by atoms with Crippen LogP contribution < -0.4 is 14.2 Å². The number of nitrogens with zero attached hydrogens (tertiary/aromatic N) is 4. The molecule has 0 unspecified atom stereocenters. The molecule has 0 spiro atoms. The zero-order chi connectivity index (χ0) is 28.8. The van der Waals surface area contributed by atoms with E-state index in [1.54, 1.807) is 36.3 Å². The molecule has 1 N–H and O–H groups in total. The Morgan fingerprint density at radius 3 is 2.15 bits per heavy atom. The highest BCUT2D eigenvalue weighted by Crippen LogP contribution is 2.35. The van der Waals surface area contributed by atoms with E-state index in [4.69, 9.17) is 9.47 Å². The Labute approximate surface area is 239 Å². The molecule has 0 bridgehead atoms. The fourth-order valence-electron chi connectivity index (χ4n) is 3.75. The van der Waals surface area contributed by atoms with E-state index >= 15 is 0 Å². The molecule has 9 nitrogen and oxygen atoms in total. The lowest BCUT2D eigenvalue weighted by atomic mass is 9.87. The van der Waals surface area contributed by atoms with Gasteiger partial charge in [0.05, 0.1) is 10.5 Å². The molecular formula is C29H33N5O4S2. The van der Waals surface area contributed by atoms with Gasteiger partial charge in [0.25, 0.3) is 10.0 Å². The van der Waals surface area contributed by atoms with Crippen LogP contribution >= 0.6 is 11.8 Å². The Morgan fingerprint density at radius 2 is 1.52 bits per heavy atom. The number of aryl methyl sites for hydroxylation is 1. The van der Waals surface area contributed by atoms with Gasteiger partial charge in [-0.25, -0.2) is 28.4 Å². The SMILES string of the molecule is CCSc1cnc(OCCOc2ncnc(NS(=O)(=O)c3ccc(C(C)(C)C)cc3)c2-c2ccc(C)cc2)nc1. The predicted octanol–water partition coefficient (Wildman–Crippen LogP) is 5.91. The van der Waals surface area contributed by atoms with Crippen molar-refractivity contribution in [3.63, 3.8) is 0 Å². The molecule has 11 heteroatoms. The molecule has 40 heavy (non-hydrogen) atoms. The summed E-state index contributed by atoms with van der Waals surface area (Å²) in [5.74, 6) is 1.27. The Kier molecular flexibility index (Phi) is 9.26. The average molecular weight is 580 g/mol. The first-order valence-electron chi connectivity index (χ1n) is 12.8. The van der Waals surface area contributed by atoms with Crippen molar-refractivity contribution < 1.29 is 17.9 Å². The number of rotatable bonds is 11. The van der Waals surface area contributed by atoms with E-state index in [2.05, 4.69) is 52.4 Å². The Morgan fingerprint density at radius 1 is 0.875 bits per heavy atom. The van der Waals surface area contributed by atoms with Crippen LogP contribution in [0.1, 0.15) is 38.8 Å². The molecule has 0 radical (unpaired) electrons. The molecule has 2 heterocycles. The summed E-state index contributed by atoms with van der Waals surface area (Å²) in [7, 11) is -3.94. The molecule has 4 aromatic rings. The number of hydrogen-bond acceptors (Lipinski definition) is 9. The van der Waals surface area contributed by atoms with Gasteiger partial charge in [-0.05, 0) is 41.4 Å². The Bertz CT molecular complexity index is 1520. The van der Waals surface area contributed by atoms with Gasteiger partial charge in [-0.3, -0.25) is 4.72 Å². The van der Waals surface area contributed by atoms with Crippen molar-refractivity contribution in [2.45, 2.75) is 49.8 Å². The van der Waals surface area contributed by atoms with Crippen molar-refractivity contribution in [3.8, 4) is 23.0 Å². The van der Waals surface area contributed by atoms with Gasteiger partial charge in [0.1, 0.15) is 19.5 Å². The third kappa shape index (κ3) is 7.48. The highest BCUT2D eigenvalue weighted by atomic mass is 32.2. The van der Waals surface area contributed by atoms with Gasteiger partial charge >= 0.3 is 6.01 Å². The number of anilines is 1. The molecule has 0 fully saturated rings. The maximum Gasteiger partial charge on any atom is 0.316 e. The first kappa shape index (κ1) is 29.3. The highest BCUT2D eigenvalue weighted by Gasteiger charge is 2.22. The summed E-state index contributed by atoms with van der Waals surface area (Å²) in [6.45, 7) is 10.6. The number of nitrogens with one attached hydrogen (secondary N) is 1. The third-order valence-electron chi connectivity index (χ3n) is 5.88. The van der Waals surface area contributed by atoms with Crippen LogP contribution in [0.2, 0.25) is 0 Å². The Hall–Kier alpha value is -3.70. The quantitative estimate of drug-likeness (QED) is 0.171. The van der Waals surface area contributed by atoms with Gasteiger partial charge in [-0.1, -0.05) is 69.7 Å². The van der Waals surface area contributed by atoms with Gasteiger partial charge in [0, 0.05) is 17.3 Å². The summed E-state index contributed by atoms with van der Waals surface area (Å²) < 4.78 is 40.9. The fourth-order valence-corrected chi connectivity index (χ4v) is 5.36. The second-order valence-corrected chi connectivity index (χ2v) is 13.0. The highest BCUT2D eigenvalue weighted by molar-refractivity contribution is 7.99. The summed E-state index contributed by atoms with van der Waals surface area (Å²) >= 11 is 1.65. The van der Waals surface area contributed by atoms with E-state index in [1.807, 2.05) is 43.3 Å². The maximum absolute atomic E-state index is 13.3. The van der Waals surface area contributed by atoms with Crippen LogP contribution in [0.4, 0.5) is 5.82 Å². The molecular weight excluding hydrogens is 546 g/mol. The summed E-state index contributed by atoms with van der Waals surface area (Å²) in [5, 5.41) is 0. The Balaban J connectivity index is 1.55. The van der Waals surface area contributed by atoms with Crippen LogP contribution in [0.15, 0.2) is 77.0 Å². The lowest BCUT2D eigenvalue weighted by Gasteiger charge is -2.19. The first-order valence-corrected chi connectivity index (χ1v) is 15.3. The lowest BCUT2D eigenvalue weighted by Crippen LogP contribution is -2.17. The molecule has 210 valence electrons. The largest absolute Gasteiger partial charge is 0.473 e. The van der Waals surface area contributed by atoms with E-state index < -0.39 is 10.0 Å². The van der Waals surface area contributed by atoms with Crippen LogP contribution in [0, 0.1) is 6.92 Å². The zero-order valence-electron chi connectivity index (χ0n) is 23.2. The molecule has 0 saturated carbocycles. The molecule has 0 atom stereocenters. The van der Waals surface area contributed by atoms with Gasteiger partial charge in [-0.15, -0.1) is 11.8 Å². The number of benzene rings is 2. The number of aromatic nitrogens is 4. The van der Waals surface area contributed by atoms with Crippen molar-refractivity contribution in [2.24, 2.45) is 0 Å². The standard InChI is InChI=1S/C29H33N5O4S2/c1-6-39-23-17-30-28(31-18-23)38-16-15-37-27-25(21-9-7-20(2)8-10-21)26(32-19-33-27)34-40(35,36)24-13-11-22(12-14-24)29(3,4)5/h7-14,17-19H,6,15-16H2,1-5H3,(H,32,33,34). The van der Waals surface area contributed by atoms with Crippen LogP contribution in [-0.4, -0.2) is 47.3 Å². The van der Waals surface area contributed by atoms with Crippen LogP contribution in [0.25, 0.3) is 11.1 Å². The van der Waals surface area contributed by atoms with Crippen molar-refractivity contribution >= 4 is 27.6 Å². The second-order valence-electron chi connectivity index (χ2n) is 9.98. The van der Waals surface area contributed by atoms with E-state index in [0.717, 1.165) is 21.8 Å². The molecule has 0 aliphatic heterocycles. The minimum Gasteiger partial charge on any atom is -0.473 e. The second kappa shape index (κ2) is 12.6. The van der Waals surface area contributed by atoms with E-state index in [9.17, 15) is 8.42 Å². The average Bonchev–Trinajstić information content (AvgIpc) is 2.92. The minimum atomic E-state index is -3.94. The monoisotopic (exact) mass is 579 g/mol. The fraction of sp³-hybridized carbons (Fsp3) is 0.310. The third-order valence-corrected chi connectivity index (χ3v) is 8.07. The summed E-state index contributed by atoms with van der Waals surface area (Å²) in [6, 6.07) is 14.7. The summed E-state index contributed by atoms with van der Waals surface area (Å²) in [5.41, 5.74) is 3.12. The lowest BCUT2D eigenvalue weighted by molar-refractivity contribution is 0.201. The summed E-state index contributed by atoms with van der Waals surface area (Å²) in [4.78, 5) is 18.1. The topological polar surface area (TPSA) is 116 Å². The van der Waals surface area contributed by atoms with Crippen LogP contribution in [0.5, 0.6) is 11.9 Å². The minimum absolute atomic E-state index is 0.0966. The molecule has 4 rings (SSSR count). The normalized spacial score (nSPS) is 11.7. The number of sulfonamides is 1. The molecule has 0 aliphatic carbocycles. The van der Waals surface area contributed by atoms with Crippen LogP contribution in [0.3, 0.4) is 0 Å². The summed E-state index contributed by atoms with van der Waals surface area (Å²) in [6.07, 6.45) is 4.69. The van der Waals surface area contributed by atoms with Gasteiger partial charge < -0.3 is 9.47 Å². The van der Waals surface area contributed by atoms with Gasteiger partial charge in [0.15, 0.2) is 5.82 Å². The van der Waals surface area contributed by atoms with Crippen molar-refractivity contribution in [3.05, 3.63) is 78.4 Å². The maximum atomic E-state index is 13.3. The molecule has 0 amide bonds. The van der Waals surface area contributed by atoms with E-state index in [1.165, 1.54) is 6.33 Å². The number of ether oxygens (including phenoxy) is 2. The van der Waals surface area contributed by atoms with Gasteiger partial charge in [-0.2, -0.15) is 0 Å². The van der Waals surface area contributed by atoms with Crippen molar-refractivity contribution in [1.82, 2.24) is 19.9 Å². The van der Waals surface area contributed by atoms with Crippen molar-refractivity contribution in [1.29, 1.82) is 0 Å². The smallest absolute Gasteiger partial charge is 0.316 e. The molecule has 2 aromatic carbocycles.